The summed E-state index contributed by atoms with van der Waals surface area (Å²) in [5, 5.41) is 0. The average molecular weight is 330 g/mol. The summed E-state index contributed by atoms with van der Waals surface area (Å²) >= 11 is 0. The largest absolute Gasteiger partial charge is 0.493 e. The summed E-state index contributed by atoms with van der Waals surface area (Å²) in [5.41, 5.74) is 1.56. The molecule has 0 bridgehead atoms. The van der Waals surface area contributed by atoms with Crippen molar-refractivity contribution in [3.05, 3.63) is 59.7 Å². The molecule has 0 N–H and O–H groups in total. The Balaban J connectivity index is 1.64. The number of carbonyl (C=O) groups excluding carboxylic acids is 1. The first-order chi connectivity index (χ1) is 11.1. The van der Waals surface area contributed by atoms with Crippen molar-refractivity contribution in [1.29, 1.82) is 0 Å². The maximum absolute atomic E-state index is 12.2. The van der Waals surface area contributed by atoms with Gasteiger partial charge in [0.15, 0.2) is 0 Å². The molecule has 23 heavy (non-hydrogen) atoms. The fourth-order valence-corrected chi connectivity index (χ4v) is 3.15. The van der Waals surface area contributed by atoms with E-state index in [2.05, 4.69) is 0 Å². The molecule has 0 aromatic heterocycles. The van der Waals surface area contributed by atoms with Gasteiger partial charge in [-0.3, -0.25) is 4.21 Å². The van der Waals surface area contributed by atoms with Crippen LogP contribution in [-0.4, -0.2) is 29.6 Å². The Bertz CT molecular complexity index is 724. The van der Waals surface area contributed by atoms with Crippen LogP contribution in [0.15, 0.2) is 53.4 Å². The van der Waals surface area contributed by atoms with Gasteiger partial charge >= 0.3 is 5.97 Å². The highest BCUT2D eigenvalue weighted by molar-refractivity contribution is 7.84. The van der Waals surface area contributed by atoms with Crippen LogP contribution in [-0.2, 0) is 15.5 Å². The zero-order valence-electron chi connectivity index (χ0n) is 12.9. The lowest BCUT2D eigenvalue weighted by atomic mass is 9.94. The first-order valence-corrected chi connectivity index (χ1v) is 9.03. The van der Waals surface area contributed by atoms with Gasteiger partial charge in [0.2, 0.25) is 0 Å². The van der Waals surface area contributed by atoms with Crippen LogP contribution in [0.5, 0.6) is 5.75 Å². The molecule has 1 heterocycles. The third-order valence-corrected chi connectivity index (χ3v) is 4.86. The molecule has 0 fully saturated rings. The molecule has 0 radical (unpaired) electrons. The SMILES string of the molecule is C[S@](=O)c1ccc(C(=O)OC[C@@H]2CCOc3ccccc32)cc1. The van der Waals surface area contributed by atoms with Gasteiger partial charge in [-0.1, -0.05) is 18.2 Å². The molecule has 2 atom stereocenters. The second-order valence-electron chi connectivity index (χ2n) is 5.45. The van der Waals surface area contributed by atoms with Gasteiger partial charge in [-0.05, 0) is 36.8 Å². The van der Waals surface area contributed by atoms with E-state index in [1.54, 1.807) is 30.5 Å². The summed E-state index contributed by atoms with van der Waals surface area (Å²) < 4.78 is 22.4. The summed E-state index contributed by atoms with van der Waals surface area (Å²) in [6, 6.07) is 14.5. The highest BCUT2D eigenvalue weighted by Crippen LogP contribution is 2.33. The monoisotopic (exact) mass is 330 g/mol. The summed E-state index contributed by atoms with van der Waals surface area (Å²) in [6.45, 7) is 0.969. The number of fused-ring (bicyclic) bond motifs is 1. The Kier molecular flexibility index (Phi) is 4.76. The predicted octanol–water partition coefficient (Wildman–Crippen LogP) is 3.15. The van der Waals surface area contributed by atoms with Gasteiger partial charge in [0.05, 0.1) is 18.8 Å². The Hall–Kier alpha value is -2.14. The topological polar surface area (TPSA) is 52.6 Å². The highest BCUT2D eigenvalue weighted by Gasteiger charge is 2.22. The van der Waals surface area contributed by atoms with E-state index in [0.29, 0.717) is 23.7 Å². The molecule has 4 nitrogen and oxygen atoms in total. The second kappa shape index (κ2) is 6.96. The van der Waals surface area contributed by atoms with Gasteiger partial charge in [-0.25, -0.2) is 4.79 Å². The van der Waals surface area contributed by atoms with E-state index in [1.807, 2.05) is 24.3 Å². The van der Waals surface area contributed by atoms with E-state index in [-0.39, 0.29) is 11.9 Å². The van der Waals surface area contributed by atoms with Gasteiger partial charge in [-0.15, -0.1) is 0 Å². The van der Waals surface area contributed by atoms with Crippen LogP contribution in [0.1, 0.15) is 28.3 Å². The third-order valence-electron chi connectivity index (χ3n) is 3.92. The number of hydrogen-bond donors (Lipinski definition) is 0. The number of benzene rings is 2. The van der Waals surface area contributed by atoms with Crippen molar-refractivity contribution >= 4 is 16.8 Å². The van der Waals surface area contributed by atoms with Crippen LogP contribution in [0.4, 0.5) is 0 Å². The number of carbonyl (C=O) groups is 1. The first-order valence-electron chi connectivity index (χ1n) is 7.47. The molecule has 2 aromatic rings. The first kappa shape index (κ1) is 15.7. The zero-order chi connectivity index (χ0) is 16.2. The maximum atomic E-state index is 12.2. The molecule has 0 amide bonds. The molecule has 2 aromatic carbocycles. The normalized spacial score (nSPS) is 17.7. The lowest BCUT2D eigenvalue weighted by molar-refractivity contribution is 0.0459. The van der Waals surface area contributed by atoms with Crippen molar-refractivity contribution in [3.8, 4) is 5.75 Å². The molecule has 1 aliphatic rings. The van der Waals surface area contributed by atoms with E-state index < -0.39 is 10.8 Å². The average Bonchev–Trinajstić information content (AvgIpc) is 2.59. The summed E-state index contributed by atoms with van der Waals surface area (Å²) in [6.07, 6.45) is 2.44. The summed E-state index contributed by atoms with van der Waals surface area (Å²) in [4.78, 5) is 12.8. The molecule has 0 spiro atoms. The van der Waals surface area contributed by atoms with Crippen LogP contribution in [0.2, 0.25) is 0 Å². The van der Waals surface area contributed by atoms with Crippen LogP contribution in [0.25, 0.3) is 0 Å². The second-order valence-corrected chi connectivity index (χ2v) is 6.83. The van der Waals surface area contributed by atoms with E-state index in [0.717, 1.165) is 17.7 Å². The Morgan fingerprint density at radius 1 is 1.22 bits per heavy atom. The van der Waals surface area contributed by atoms with Crippen molar-refractivity contribution in [3.63, 3.8) is 0 Å². The third kappa shape index (κ3) is 3.62. The minimum atomic E-state index is -1.05. The Labute approximate surface area is 137 Å². The quantitative estimate of drug-likeness (QED) is 0.808. The molecule has 0 aliphatic carbocycles. The number of rotatable bonds is 4. The molecular weight excluding hydrogens is 312 g/mol. The fraction of sp³-hybridized carbons (Fsp3) is 0.278. The minimum absolute atomic E-state index is 0.159. The lowest BCUT2D eigenvalue weighted by Crippen LogP contribution is -2.20. The summed E-state index contributed by atoms with van der Waals surface area (Å²) in [5.74, 6) is 0.670. The van der Waals surface area contributed by atoms with Crippen LogP contribution in [0, 0.1) is 0 Å². The van der Waals surface area contributed by atoms with Crippen molar-refractivity contribution in [2.75, 3.05) is 19.5 Å². The van der Waals surface area contributed by atoms with Crippen molar-refractivity contribution in [1.82, 2.24) is 0 Å². The smallest absolute Gasteiger partial charge is 0.338 e. The Morgan fingerprint density at radius 2 is 1.96 bits per heavy atom. The van der Waals surface area contributed by atoms with Gasteiger partial charge < -0.3 is 9.47 Å². The number of para-hydroxylation sites is 1. The molecule has 0 unspecified atom stereocenters. The number of esters is 1. The molecule has 0 saturated heterocycles. The number of ether oxygens (including phenoxy) is 2. The van der Waals surface area contributed by atoms with Gasteiger partial charge in [0.25, 0.3) is 0 Å². The van der Waals surface area contributed by atoms with Gasteiger partial charge in [0, 0.05) is 33.4 Å². The van der Waals surface area contributed by atoms with Gasteiger partial charge in [-0.2, -0.15) is 0 Å². The van der Waals surface area contributed by atoms with Crippen molar-refractivity contribution in [2.45, 2.75) is 17.2 Å². The molecule has 120 valence electrons. The zero-order valence-corrected chi connectivity index (χ0v) is 13.7. The molecule has 3 rings (SSSR count). The van der Waals surface area contributed by atoms with Crippen LogP contribution in [0.3, 0.4) is 0 Å². The van der Waals surface area contributed by atoms with E-state index in [4.69, 9.17) is 9.47 Å². The standard InChI is InChI=1S/C18H18O4S/c1-23(20)15-8-6-13(7-9-15)18(19)22-12-14-10-11-21-17-5-3-2-4-16(14)17/h2-9,14H,10-12H2,1H3/t14-,23-/m0/s1. The predicted molar refractivity (Wildman–Crippen MR) is 88.4 cm³/mol. The molecular formula is C18H18O4S. The number of hydrogen-bond acceptors (Lipinski definition) is 4. The molecule has 1 aliphatic heterocycles. The minimum Gasteiger partial charge on any atom is -0.493 e. The van der Waals surface area contributed by atoms with Crippen LogP contribution < -0.4 is 4.74 Å². The maximum Gasteiger partial charge on any atom is 0.338 e. The van der Waals surface area contributed by atoms with E-state index >= 15 is 0 Å². The molecule has 0 saturated carbocycles. The van der Waals surface area contributed by atoms with Crippen molar-refractivity contribution < 1.29 is 18.5 Å². The summed E-state index contributed by atoms with van der Waals surface area (Å²) in [7, 11) is -1.05. The lowest BCUT2D eigenvalue weighted by Gasteiger charge is -2.25. The van der Waals surface area contributed by atoms with E-state index in [1.165, 1.54) is 0 Å². The van der Waals surface area contributed by atoms with Crippen LogP contribution >= 0.6 is 0 Å². The molecule has 5 heteroatoms. The fourth-order valence-electron chi connectivity index (χ4n) is 2.63. The highest BCUT2D eigenvalue weighted by atomic mass is 32.2. The van der Waals surface area contributed by atoms with Crippen molar-refractivity contribution in [2.24, 2.45) is 0 Å². The van der Waals surface area contributed by atoms with Gasteiger partial charge in [0.1, 0.15) is 5.75 Å². The van der Waals surface area contributed by atoms with E-state index in [9.17, 15) is 9.00 Å². The Morgan fingerprint density at radius 3 is 2.70 bits per heavy atom.